The fourth-order valence-corrected chi connectivity index (χ4v) is 4.67. The lowest BCUT2D eigenvalue weighted by Crippen LogP contribution is -3.12. The molecule has 8 nitrogen and oxygen atoms in total. The Labute approximate surface area is 225 Å². The topological polar surface area (TPSA) is 104 Å². The highest BCUT2D eigenvalue weighted by Crippen LogP contribution is 2.41. The lowest BCUT2D eigenvalue weighted by molar-refractivity contribution is -0.895. The van der Waals surface area contributed by atoms with Crippen LogP contribution in [0.15, 0.2) is 42.0 Å². The summed E-state index contributed by atoms with van der Waals surface area (Å²) in [5.41, 5.74) is 1.54. The van der Waals surface area contributed by atoms with E-state index in [1.165, 1.54) is 15.9 Å². The number of ether oxygens (including phenoxy) is 2. The first-order chi connectivity index (χ1) is 18.1. The molecule has 206 valence electrons. The summed E-state index contributed by atoms with van der Waals surface area (Å²) >= 11 is 0. The molecule has 1 atom stereocenters. The number of hydrogen-bond donors (Lipinski definition) is 2. The average Bonchev–Trinajstić information content (AvgIpc) is 3.14. The number of benzene rings is 2. The van der Waals surface area contributed by atoms with Crippen LogP contribution in [-0.4, -0.2) is 61.1 Å². The molecule has 1 unspecified atom stereocenters. The number of likely N-dealkylation sites (tertiary alicyclic amines) is 1. The predicted octanol–water partition coefficient (Wildman–Crippen LogP) is 2.28. The highest BCUT2D eigenvalue weighted by Gasteiger charge is 2.44. The summed E-state index contributed by atoms with van der Waals surface area (Å²) < 4.78 is 11.4. The second-order valence-electron chi connectivity index (χ2n) is 10.0. The van der Waals surface area contributed by atoms with E-state index >= 15 is 0 Å². The molecule has 0 aliphatic carbocycles. The maximum Gasteiger partial charge on any atom is 0.295 e. The van der Waals surface area contributed by atoms with Crippen molar-refractivity contribution in [3.05, 3.63) is 58.7 Å². The number of quaternary nitrogens is 1. The zero-order chi connectivity index (χ0) is 28.0. The first kappa shape index (κ1) is 29.0. The number of phenolic OH excluding ortho intramolecular Hbond substituents is 1. The smallest absolute Gasteiger partial charge is 0.295 e. The van der Waals surface area contributed by atoms with Crippen molar-refractivity contribution in [2.45, 2.75) is 47.6 Å². The third-order valence-electron chi connectivity index (χ3n) is 6.84. The molecule has 1 saturated heterocycles. The van der Waals surface area contributed by atoms with E-state index < -0.39 is 23.5 Å². The van der Waals surface area contributed by atoms with Gasteiger partial charge < -0.3 is 29.5 Å². The minimum absolute atomic E-state index is 0.0501. The third-order valence-corrected chi connectivity index (χ3v) is 6.84. The molecule has 0 saturated carbocycles. The van der Waals surface area contributed by atoms with Gasteiger partial charge in [-0.1, -0.05) is 31.7 Å². The van der Waals surface area contributed by atoms with Crippen LogP contribution in [0.1, 0.15) is 57.4 Å². The number of carbonyl (C=O) groups excluding carboxylic acids is 2. The van der Waals surface area contributed by atoms with Crippen molar-refractivity contribution in [2.24, 2.45) is 5.92 Å². The van der Waals surface area contributed by atoms with E-state index in [0.717, 1.165) is 18.7 Å². The Hall–Kier alpha value is -3.52. The molecule has 0 bridgehead atoms. The molecule has 8 heteroatoms. The zero-order valence-electron chi connectivity index (χ0n) is 23.3. The van der Waals surface area contributed by atoms with Gasteiger partial charge in [0.05, 0.1) is 45.4 Å². The number of carbonyl (C=O) groups is 2. The number of ketones is 1. The molecular weight excluding hydrogens is 484 g/mol. The van der Waals surface area contributed by atoms with E-state index in [2.05, 4.69) is 27.7 Å². The van der Waals surface area contributed by atoms with Gasteiger partial charge in [0.1, 0.15) is 5.75 Å². The number of hydrogen-bond acceptors (Lipinski definition) is 6. The van der Waals surface area contributed by atoms with Gasteiger partial charge in [0.2, 0.25) is 5.78 Å². The number of Topliss-reactive ketones (excluding diaryl/α,β-unsaturated/α-hetero) is 1. The minimum Gasteiger partial charge on any atom is -0.872 e. The average molecular weight is 525 g/mol. The van der Waals surface area contributed by atoms with Crippen LogP contribution in [0.3, 0.4) is 0 Å². The highest BCUT2D eigenvalue weighted by molar-refractivity contribution is 6.46. The van der Waals surface area contributed by atoms with Gasteiger partial charge in [0.25, 0.3) is 5.91 Å². The van der Waals surface area contributed by atoms with Crippen molar-refractivity contribution < 1.29 is 34.2 Å². The maximum absolute atomic E-state index is 13.8. The first-order valence-electron chi connectivity index (χ1n) is 13.4. The van der Waals surface area contributed by atoms with Crippen molar-refractivity contribution in [2.75, 3.05) is 39.4 Å². The SMILES string of the molecule is CCOc1cc(C2C(=C([O-])c3ccc(OCC(C)C)c(C)c3)C(=O)C(=O)N2CC[NH+](CC)CC)ccc1O. The molecule has 38 heavy (non-hydrogen) atoms. The van der Waals surface area contributed by atoms with E-state index in [1.54, 1.807) is 37.3 Å². The summed E-state index contributed by atoms with van der Waals surface area (Å²) in [6.45, 7) is 15.5. The molecule has 1 amide bonds. The summed E-state index contributed by atoms with van der Waals surface area (Å²) in [6.07, 6.45) is 0. The van der Waals surface area contributed by atoms with E-state index in [-0.39, 0.29) is 17.1 Å². The maximum atomic E-state index is 13.8. The van der Waals surface area contributed by atoms with E-state index in [1.807, 2.05) is 6.92 Å². The van der Waals surface area contributed by atoms with Crippen LogP contribution in [0, 0.1) is 12.8 Å². The normalized spacial score (nSPS) is 17.1. The molecule has 3 rings (SSSR count). The Balaban J connectivity index is 2.11. The Morgan fingerprint density at radius 1 is 1.05 bits per heavy atom. The lowest BCUT2D eigenvalue weighted by Gasteiger charge is -2.29. The first-order valence-corrected chi connectivity index (χ1v) is 13.4. The molecule has 1 fully saturated rings. The van der Waals surface area contributed by atoms with Crippen molar-refractivity contribution >= 4 is 17.4 Å². The highest BCUT2D eigenvalue weighted by atomic mass is 16.5. The largest absolute Gasteiger partial charge is 0.872 e. The number of aryl methyl sites for hydroxylation is 1. The second kappa shape index (κ2) is 12.8. The van der Waals surface area contributed by atoms with Crippen molar-refractivity contribution in [1.82, 2.24) is 4.90 Å². The molecule has 2 aromatic rings. The molecule has 1 heterocycles. The molecule has 2 N–H and O–H groups in total. The summed E-state index contributed by atoms with van der Waals surface area (Å²) in [4.78, 5) is 29.4. The number of amides is 1. The van der Waals surface area contributed by atoms with Gasteiger partial charge in [-0.25, -0.2) is 0 Å². The van der Waals surface area contributed by atoms with Crippen LogP contribution in [0.25, 0.3) is 5.76 Å². The molecule has 1 aliphatic rings. The lowest BCUT2D eigenvalue weighted by atomic mass is 9.94. The molecule has 2 aromatic carbocycles. The predicted molar refractivity (Wildman–Crippen MR) is 144 cm³/mol. The van der Waals surface area contributed by atoms with E-state index in [9.17, 15) is 19.8 Å². The standard InChI is InChI=1S/C30H40N2O6/c1-7-31(8-2)14-15-32-27(21-10-12-23(33)25(17-21)37-9-3)26(29(35)30(32)36)28(34)22-11-13-24(20(6)16-22)38-18-19(4)5/h10-13,16-17,19,27,33-34H,7-9,14-15,18H2,1-6H3. The van der Waals surface area contributed by atoms with Gasteiger partial charge in [0, 0.05) is 5.57 Å². The van der Waals surface area contributed by atoms with Gasteiger partial charge in [-0.05, 0) is 74.6 Å². The van der Waals surface area contributed by atoms with Gasteiger partial charge >= 0.3 is 0 Å². The number of phenols is 1. The fourth-order valence-electron chi connectivity index (χ4n) is 4.67. The van der Waals surface area contributed by atoms with Crippen LogP contribution in [-0.2, 0) is 9.59 Å². The van der Waals surface area contributed by atoms with Gasteiger partial charge in [0.15, 0.2) is 11.5 Å². The number of rotatable bonds is 12. The molecule has 1 aliphatic heterocycles. The Kier molecular flexibility index (Phi) is 9.80. The van der Waals surface area contributed by atoms with Crippen LogP contribution < -0.4 is 19.5 Å². The van der Waals surface area contributed by atoms with Crippen LogP contribution in [0.4, 0.5) is 0 Å². The quantitative estimate of drug-likeness (QED) is 0.251. The molecule has 0 radical (unpaired) electrons. The Morgan fingerprint density at radius 2 is 1.76 bits per heavy atom. The van der Waals surface area contributed by atoms with E-state index in [0.29, 0.717) is 49.1 Å². The van der Waals surface area contributed by atoms with Crippen molar-refractivity contribution in [1.29, 1.82) is 0 Å². The summed E-state index contributed by atoms with van der Waals surface area (Å²) in [6, 6.07) is 8.89. The fraction of sp³-hybridized carbons (Fsp3) is 0.467. The summed E-state index contributed by atoms with van der Waals surface area (Å²) in [7, 11) is 0. The Morgan fingerprint density at radius 3 is 2.37 bits per heavy atom. The number of nitrogens with one attached hydrogen (secondary N) is 1. The minimum atomic E-state index is -0.880. The molecular formula is C30H40N2O6. The van der Waals surface area contributed by atoms with Crippen molar-refractivity contribution in [3.8, 4) is 17.2 Å². The number of nitrogens with zero attached hydrogens (tertiary/aromatic N) is 1. The second-order valence-corrected chi connectivity index (χ2v) is 10.0. The number of likely N-dealkylation sites (N-methyl/N-ethyl adjacent to an activating group) is 1. The third kappa shape index (κ3) is 6.30. The van der Waals surface area contributed by atoms with Gasteiger partial charge in [-0.3, -0.25) is 9.59 Å². The van der Waals surface area contributed by atoms with Crippen LogP contribution in [0.5, 0.6) is 17.2 Å². The van der Waals surface area contributed by atoms with Gasteiger partial charge in [-0.2, -0.15) is 0 Å². The summed E-state index contributed by atoms with van der Waals surface area (Å²) in [5.74, 6) is -0.760. The Bertz CT molecular complexity index is 1190. The number of aromatic hydroxyl groups is 1. The summed E-state index contributed by atoms with van der Waals surface area (Å²) in [5, 5.41) is 24.1. The van der Waals surface area contributed by atoms with E-state index in [4.69, 9.17) is 9.47 Å². The molecule has 0 spiro atoms. The van der Waals surface area contributed by atoms with Crippen LogP contribution in [0.2, 0.25) is 0 Å². The monoisotopic (exact) mass is 524 g/mol. The van der Waals surface area contributed by atoms with Crippen molar-refractivity contribution in [3.63, 3.8) is 0 Å². The zero-order valence-corrected chi connectivity index (χ0v) is 23.3. The van der Waals surface area contributed by atoms with Crippen LogP contribution >= 0.6 is 0 Å². The molecule has 0 aromatic heterocycles. The van der Waals surface area contributed by atoms with Gasteiger partial charge in [-0.15, -0.1) is 0 Å².